The van der Waals surface area contributed by atoms with Crippen LogP contribution in [0.25, 0.3) is 10.8 Å². The number of esters is 1. The van der Waals surface area contributed by atoms with Crippen LogP contribution in [-0.2, 0) is 34.2 Å². The highest BCUT2D eigenvalue weighted by atomic mass is 32.3. The monoisotopic (exact) mass is 956 g/mol. The number of anilines is 1. The smallest absolute Gasteiger partial charge is 0.446 e. The number of ether oxygens (including phenoxy) is 4. The highest BCUT2D eigenvalue weighted by molar-refractivity contribution is 7.81. The van der Waals surface area contributed by atoms with Gasteiger partial charge in [-0.3, -0.25) is 28.8 Å². The van der Waals surface area contributed by atoms with Crippen LogP contribution in [0.3, 0.4) is 0 Å². The molecule has 1 amide bonds. The van der Waals surface area contributed by atoms with Crippen molar-refractivity contribution < 1.29 is 70.9 Å². The summed E-state index contributed by atoms with van der Waals surface area (Å²) >= 11 is 0. The Kier molecular flexibility index (Phi) is 15.7. The van der Waals surface area contributed by atoms with Gasteiger partial charge in [0.25, 0.3) is 11.7 Å². The van der Waals surface area contributed by atoms with Crippen molar-refractivity contribution in [2.75, 3.05) is 38.6 Å². The summed E-state index contributed by atoms with van der Waals surface area (Å²) in [5.74, 6) is -9.84. The largest absolute Gasteiger partial charge is 0.507 e. The van der Waals surface area contributed by atoms with Crippen molar-refractivity contribution in [2.24, 2.45) is 28.8 Å². The zero-order chi connectivity index (χ0) is 49.3. The third-order valence-electron chi connectivity index (χ3n) is 13.7. The fourth-order valence-electron chi connectivity index (χ4n) is 9.64. The standard InChI is InChI=1S/C47H64N4O15S/c1-24-13-12-14-25(2)46(58)49-37-32(23-48-51-20-18-50(19-21-51)31-15-10-11-16-31)41(56)34-35(44(37)66-67(59,60)61)40(55)29(6)43-36(34)45(57)47(8,65-43)63-22-17-33(62-9)26(3)42(64-30(7)52)28(5)39(54)27(4)38(24)53/h12-14,17,22-24,26-28,31,33,38-39,42,53-56H,10-11,15-16,18-21H2,1-9H3,(H,49,58)(H,59,60,61)/b13-12+,22-17+,25-14-,48-23+/t24-,26+,27+,28+,33-,38-,39+,42+,47-/m0/s1. The number of methoxy groups -OCH3 is 1. The van der Waals surface area contributed by atoms with E-state index in [0.717, 1.165) is 19.1 Å². The molecule has 4 heterocycles. The summed E-state index contributed by atoms with van der Waals surface area (Å²) in [5.41, 5.74) is -1.32. The number of allylic oxidation sites excluding steroid dienone is 2. The minimum absolute atomic E-state index is 0.0298. The molecule has 5 bridgehead atoms. The summed E-state index contributed by atoms with van der Waals surface area (Å²) in [4.78, 5) is 43.6. The van der Waals surface area contributed by atoms with Gasteiger partial charge in [0.05, 0.1) is 53.0 Å². The van der Waals surface area contributed by atoms with E-state index >= 15 is 0 Å². The molecule has 1 saturated heterocycles. The number of hydrogen-bond donors (Lipinski definition) is 6. The number of ketones is 1. The molecular weight excluding hydrogens is 893 g/mol. The van der Waals surface area contributed by atoms with Crippen LogP contribution in [-0.4, -0.2) is 137 Å². The summed E-state index contributed by atoms with van der Waals surface area (Å²) in [6.45, 7) is 14.5. The van der Waals surface area contributed by atoms with Gasteiger partial charge in [-0.2, -0.15) is 13.5 Å². The van der Waals surface area contributed by atoms with Crippen molar-refractivity contribution in [3.05, 3.63) is 52.8 Å². The predicted octanol–water partition coefficient (Wildman–Crippen LogP) is 5.12. The van der Waals surface area contributed by atoms with Gasteiger partial charge in [0, 0.05) is 93.4 Å². The van der Waals surface area contributed by atoms with Crippen molar-refractivity contribution in [1.82, 2.24) is 9.91 Å². The maximum atomic E-state index is 14.7. The Hall–Kier alpha value is -5.25. The molecule has 4 aliphatic heterocycles. The topological polar surface area (TPSA) is 264 Å². The second kappa shape index (κ2) is 20.5. The number of aromatic hydroxyl groups is 2. The first kappa shape index (κ1) is 51.1. The molecule has 9 atom stereocenters. The van der Waals surface area contributed by atoms with Crippen LogP contribution in [0.2, 0.25) is 0 Å². The minimum atomic E-state index is -5.45. The molecule has 67 heavy (non-hydrogen) atoms. The molecule has 368 valence electrons. The van der Waals surface area contributed by atoms with Gasteiger partial charge in [0.2, 0.25) is 0 Å². The van der Waals surface area contributed by atoms with E-state index in [1.54, 1.807) is 38.8 Å². The number of aliphatic hydroxyl groups is 2. The molecule has 1 aliphatic carbocycles. The first-order chi connectivity index (χ1) is 31.5. The number of fused-ring (bicyclic) bond motifs is 14. The van der Waals surface area contributed by atoms with Crippen molar-refractivity contribution >= 4 is 50.7 Å². The molecule has 19 nitrogen and oxygen atoms in total. The fraction of sp³-hybridized carbons (Fsp3) is 0.574. The summed E-state index contributed by atoms with van der Waals surface area (Å²) in [6.07, 6.45) is 8.72. The molecule has 2 aromatic rings. The number of phenols is 2. The number of nitrogens with zero attached hydrogens (tertiary/aromatic N) is 3. The van der Waals surface area contributed by atoms with Crippen LogP contribution in [0, 0.1) is 30.6 Å². The van der Waals surface area contributed by atoms with Gasteiger partial charge in [-0.1, -0.05) is 58.8 Å². The lowest BCUT2D eigenvalue weighted by Gasteiger charge is -2.38. The number of carbonyl (C=O) groups excluding carboxylic acids is 3. The molecule has 2 fully saturated rings. The van der Waals surface area contributed by atoms with E-state index in [1.165, 1.54) is 72.1 Å². The summed E-state index contributed by atoms with van der Waals surface area (Å²) in [5, 5.41) is 55.1. The first-order valence-electron chi connectivity index (χ1n) is 22.6. The summed E-state index contributed by atoms with van der Waals surface area (Å²) in [7, 11) is -4.05. The Balaban J connectivity index is 1.55. The van der Waals surface area contributed by atoms with Crippen molar-refractivity contribution in [3.8, 4) is 23.0 Å². The van der Waals surface area contributed by atoms with Gasteiger partial charge in [0.15, 0.2) is 5.75 Å². The van der Waals surface area contributed by atoms with Gasteiger partial charge in [-0.05, 0) is 32.8 Å². The lowest BCUT2D eigenvalue weighted by atomic mass is 9.78. The number of phenolic OH excluding ortho intramolecular Hbond substituents is 2. The summed E-state index contributed by atoms with van der Waals surface area (Å²) < 4.78 is 64.3. The van der Waals surface area contributed by atoms with E-state index in [1.807, 2.05) is 0 Å². The number of hydrazone groups is 1. The Morgan fingerprint density at radius 3 is 2.22 bits per heavy atom. The van der Waals surface area contributed by atoms with Gasteiger partial charge in [-0.25, -0.2) is 0 Å². The van der Waals surface area contributed by atoms with Crippen molar-refractivity contribution in [1.29, 1.82) is 0 Å². The second-order valence-corrected chi connectivity index (χ2v) is 19.3. The SMILES string of the molecule is CO[C@H]1/C=C/O[C@@]2(C)Oc3c(C)c(O)c4c(OS(=O)(=O)O)c(c(/C=N/N5CCN(C6CCCC6)CC5)c(O)c4c3C2=O)NC(=O)/C(C)=C\C=C\[C@H](C)[C@H](O)[C@@H](C)[C@@H](O)[C@@H](C)[C@H](OC(C)=O)[C@@H]1C. The average molecular weight is 957 g/mol. The molecule has 0 unspecified atom stereocenters. The molecule has 20 heteroatoms. The average Bonchev–Trinajstić information content (AvgIpc) is 3.91. The van der Waals surface area contributed by atoms with Gasteiger partial charge in [-0.15, -0.1) is 0 Å². The quantitative estimate of drug-likeness (QED) is 0.119. The molecule has 1 saturated carbocycles. The zero-order valence-corrected chi connectivity index (χ0v) is 40.2. The van der Waals surface area contributed by atoms with E-state index in [0.29, 0.717) is 32.2 Å². The Labute approximate surface area is 391 Å². The van der Waals surface area contributed by atoms with Gasteiger partial charge >= 0.3 is 22.2 Å². The van der Waals surface area contributed by atoms with E-state index in [-0.39, 0.29) is 28.0 Å². The molecule has 5 aliphatic rings. The molecule has 7 rings (SSSR count). The minimum Gasteiger partial charge on any atom is -0.507 e. The first-order valence-corrected chi connectivity index (χ1v) is 23.9. The maximum absolute atomic E-state index is 14.7. The zero-order valence-electron chi connectivity index (χ0n) is 39.4. The van der Waals surface area contributed by atoms with Crippen LogP contribution < -0.4 is 14.2 Å². The molecule has 0 spiro atoms. The van der Waals surface area contributed by atoms with E-state index in [4.69, 9.17) is 23.1 Å². The van der Waals surface area contributed by atoms with E-state index in [9.17, 15) is 47.8 Å². The number of nitrogens with one attached hydrogen (secondary N) is 1. The normalized spacial score (nSPS) is 31.3. The van der Waals surface area contributed by atoms with E-state index < -0.39 is 116 Å². The number of carbonyl (C=O) groups is 3. The maximum Gasteiger partial charge on any atom is 0.446 e. The van der Waals surface area contributed by atoms with E-state index in [2.05, 4.69) is 15.3 Å². The molecule has 2 aromatic carbocycles. The molecule has 0 radical (unpaired) electrons. The Morgan fingerprint density at radius 1 is 0.955 bits per heavy atom. The van der Waals surface area contributed by atoms with Gasteiger partial charge < -0.3 is 48.9 Å². The third kappa shape index (κ3) is 10.7. The van der Waals surface area contributed by atoms with Gasteiger partial charge in [0.1, 0.15) is 23.4 Å². The number of rotatable bonds is 7. The highest BCUT2D eigenvalue weighted by Crippen LogP contribution is 2.55. The van der Waals surface area contributed by atoms with Crippen LogP contribution in [0.4, 0.5) is 5.69 Å². The van der Waals surface area contributed by atoms with Crippen LogP contribution in [0.1, 0.15) is 95.6 Å². The summed E-state index contributed by atoms with van der Waals surface area (Å²) in [6, 6.07) is 0.482. The van der Waals surface area contributed by atoms with Crippen LogP contribution >= 0.6 is 0 Å². The van der Waals surface area contributed by atoms with Crippen LogP contribution in [0.5, 0.6) is 23.0 Å². The van der Waals surface area contributed by atoms with Crippen molar-refractivity contribution in [3.63, 3.8) is 0 Å². The predicted molar refractivity (Wildman–Crippen MR) is 247 cm³/mol. The second-order valence-electron chi connectivity index (χ2n) is 18.3. The number of hydrogen-bond acceptors (Lipinski definition) is 17. The van der Waals surface area contributed by atoms with Crippen molar-refractivity contribution in [2.45, 2.75) is 117 Å². The molecular formula is C47H64N4O15S. The lowest BCUT2D eigenvalue weighted by Crippen LogP contribution is -2.47. The number of amides is 1. The number of benzene rings is 2. The Morgan fingerprint density at radius 2 is 1.61 bits per heavy atom. The number of piperazine rings is 1. The lowest BCUT2D eigenvalue weighted by molar-refractivity contribution is -0.160. The van der Waals surface area contributed by atoms with Crippen LogP contribution in [0.15, 0.2) is 41.2 Å². The number of Topliss-reactive ketones (excluding diaryl/α,β-unsaturated/α-hetero) is 1. The number of aliphatic hydroxyl groups excluding tert-OH is 2. The third-order valence-corrected chi connectivity index (χ3v) is 14.1. The molecule has 0 aromatic heterocycles. The Bertz CT molecular complexity index is 2460. The fourth-order valence-corrected chi connectivity index (χ4v) is 10.0. The highest BCUT2D eigenvalue weighted by Gasteiger charge is 2.50. The molecule has 6 N–H and O–H groups in total.